The minimum atomic E-state index is -0.347. The van der Waals surface area contributed by atoms with Crippen LogP contribution >= 0.6 is 23.2 Å². The summed E-state index contributed by atoms with van der Waals surface area (Å²) in [5, 5.41) is 8.61. The molecule has 1 atom stereocenters. The van der Waals surface area contributed by atoms with Crippen molar-refractivity contribution >= 4 is 34.8 Å². The first-order chi connectivity index (χ1) is 20.5. The summed E-state index contributed by atoms with van der Waals surface area (Å²) in [6.07, 6.45) is 11.6. The molecule has 3 aliphatic rings. The Balaban J connectivity index is 1.06. The smallest absolute Gasteiger partial charge is 0.291 e. The van der Waals surface area contributed by atoms with E-state index in [9.17, 15) is 4.79 Å². The van der Waals surface area contributed by atoms with Crippen molar-refractivity contribution in [2.75, 3.05) is 31.2 Å². The Bertz CT molecular complexity index is 1580. The number of carbonyl (C=O) groups excluding carboxylic acids is 1. The van der Waals surface area contributed by atoms with Crippen molar-refractivity contribution < 1.29 is 9.53 Å². The van der Waals surface area contributed by atoms with Gasteiger partial charge in [-0.2, -0.15) is 0 Å². The molecule has 2 saturated heterocycles. The normalized spacial score (nSPS) is 19.7. The summed E-state index contributed by atoms with van der Waals surface area (Å²) >= 11 is 12.6. The van der Waals surface area contributed by atoms with Gasteiger partial charge in [0.1, 0.15) is 12.2 Å². The SMILES string of the molecule is O=C(NC1CCc2ccc(N3CCC4(CCOCC4)CC3)cc2-n2ccnc21)c1ncn(Cc2c(Cl)cccc2Cl)n1. The Morgan fingerprint density at radius 1 is 1.05 bits per heavy atom. The summed E-state index contributed by atoms with van der Waals surface area (Å²) in [7, 11) is 0. The maximum Gasteiger partial charge on any atom is 0.291 e. The highest BCUT2D eigenvalue weighted by Crippen LogP contribution is 2.42. The van der Waals surface area contributed by atoms with Gasteiger partial charge in [0.25, 0.3) is 5.91 Å². The Morgan fingerprint density at radius 2 is 1.83 bits per heavy atom. The molecule has 2 fully saturated rings. The number of aryl methyl sites for hydroxylation is 1. The van der Waals surface area contributed by atoms with Crippen molar-refractivity contribution in [3.63, 3.8) is 0 Å². The number of halogens is 2. The van der Waals surface area contributed by atoms with E-state index in [1.807, 2.05) is 6.20 Å². The molecule has 0 radical (unpaired) electrons. The second kappa shape index (κ2) is 11.4. The van der Waals surface area contributed by atoms with Crippen molar-refractivity contribution in [2.24, 2.45) is 5.41 Å². The number of imidazole rings is 1. The van der Waals surface area contributed by atoms with Crippen molar-refractivity contribution in [2.45, 2.75) is 51.1 Å². The van der Waals surface area contributed by atoms with Gasteiger partial charge in [0.2, 0.25) is 5.82 Å². The van der Waals surface area contributed by atoms with E-state index in [0.29, 0.717) is 22.0 Å². The van der Waals surface area contributed by atoms with E-state index < -0.39 is 0 Å². The zero-order chi connectivity index (χ0) is 28.7. The molecule has 3 aliphatic heterocycles. The fourth-order valence-corrected chi connectivity index (χ4v) is 7.13. The number of amides is 1. The molecule has 4 aromatic rings. The van der Waals surface area contributed by atoms with Gasteiger partial charge in [-0.15, -0.1) is 5.10 Å². The van der Waals surface area contributed by atoms with Gasteiger partial charge in [0.15, 0.2) is 0 Å². The number of hydrogen-bond acceptors (Lipinski definition) is 6. The lowest BCUT2D eigenvalue weighted by atomic mass is 9.72. The summed E-state index contributed by atoms with van der Waals surface area (Å²) in [5.74, 6) is 0.551. The van der Waals surface area contributed by atoms with Crippen LogP contribution in [0.3, 0.4) is 0 Å². The Labute approximate surface area is 254 Å². The minimum Gasteiger partial charge on any atom is -0.381 e. The number of hydrogen-bond donors (Lipinski definition) is 1. The fraction of sp³-hybridized carbons (Fsp3) is 0.419. The highest BCUT2D eigenvalue weighted by Gasteiger charge is 2.36. The summed E-state index contributed by atoms with van der Waals surface area (Å²) in [6, 6.07) is 11.8. The van der Waals surface area contributed by atoms with Crippen molar-refractivity contribution in [3.8, 4) is 5.69 Å². The lowest BCUT2D eigenvalue weighted by molar-refractivity contribution is 0.00212. The van der Waals surface area contributed by atoms with Crippen LogP contribution in [0.4, 0.5) is 5.69 Å². The molecule has 0 saturated carbocycles. The first-order valence-electron chi connectivity index (χ1n) is 14.6. The molecule has 42 heavy (non-hydrogen) atoms. The molecule has 7 rings (SSSR count). The molecule has 5 heterocycles. The van der Waals surface area contributed by atoms with Gasteiger partial charge < -0.3 is 19.5 Å². The zero-order valence-corrected chi connectivity index (χ0v) is 24.8. The number of carbonyl (C=O) groups is 1. The van der Waals surface area contributed by atoms with Crippen LogP contribution in [0.5, 0.6) is 0 Å². The molecule has 0 aliphatic carbocycles. The lowest BCUT2D eigenvalue weighted by Gasteiger charge is -2.45. The number of piperidine rings is 1. The number of benzene rings is 2. The van der Waals surface area contributed by atoms with Gasteiger partial charge in [-0.3, -0.25) is 4.79 Å². The minimum absolute atomic E-state index is 0.0905. The Kier molecular flexibility index (Phi) is 7.42. The number of ether oxygens (including phenoxy) is 1. The molecule has 1 spiro atoms. The molecule has 1 N–H and O–H groups in total. The summed E-state index contributed by atoms with van der Waals surface area (Å²) in [4.78, 5) is 24.7. The Hall–Kier alpha value is -3.40. The lowest BCUT2D eigenvalue weighted by Crippen LogP contribution is -2.43. The maximum atomic E-state index is 13.3. The largest absolute Gasteiger partial charge is 0.381 e. The van der Waals surface area contributed by atoms with Gasteiger partial charge in [-0.1, -0.05) is 35.3 Å². The van der Waals surface area contributed by atoms with E-state index in [2.05, 4.69) is 48.0 Å². The number of nitrogens with zero attached hydrogens (tertiary/aromatic N) is 6. The summed E-state index contributed by atoms with van der Waals surface area (Å²) in [6.45, 7) is 4.24. The van der Waals surface area contributed by atoms with E-state index in [0.717, 1.165) is 56.2 Å². The second-order valence-corrected chi connectivity index (χ2v) is 12.4. The van der Waals surface area contributed by atoms with E-state index in [-0.39, 0.29) is 17.8 Å². The number of aromatic nitrogens is 5. The fourth-order valence-electron chi connectivity index (χ4n) is 6.61. The van der Waals surface area contributed by atoms with E-state index in [1.165, 1.54) is 43.3 Å². The quantitative estimate of drug-likeness (QED) is 0.317. The molecule has 1 unspecified atom stereocenters. The number of nitrogens with one attached hydrogen (secondary N) is 1. The average Bonchev–Trinajstić information content (AvgIpc) is 3.66. The Morgan fingerprint density at radius 3 is 2.62 bits per heavy atom. The molecule has 9 nitrogen and oxygen atoms in total. The predicted octanol–water partition coefficient (Wildman–Crippen LogP) is 5.63. The number of anilines is 1. The van der Waals surface area contributed by atoms with Gasteiger partial charge in [0, 0.05) is 60.0 Å². The first-order valence-corrected chi connectivity index (χ1v) is 15.4. The summed E-state index contributed by atoms with van der Waals surface area (Å²) in [5.41, 5.74) is 4.80. The van der Waals surface area contributed by atoms with Gasteiger partial charge >= 0.3 is 0 Å². The monoisotopic (exact) mass is 605 g/mol. The topological polar surface area (TPSA) is 90.1 Å². The number of rotatable bonds is 5. The standard InChI is InChI=1S/C31H33Cl2N7O2/c32-24-2-1-3-25(33)23(24)19-39-20-35-28(37-39)30(41)36-26-7-5-21-4-6-22(18-27(21)40-15-12-34-29(26)40)38-13-8-31(9-14-38)10-16-42-17-11-31/h1-4,6,12,15,18,20,26H,5,7-11,13-14,16-17,19H2,(H,36,41). The average molecular weight is 607 g/mol. The molecule has 1 amide bonds. The van der Waals surface area contributed by atoms with E-state index in [1.54, 1.807) is 29.1 Å². The first kappa shape index (κ1) is 27.4. The van der Waals surface area contributed by atoms with Gasteiger partial charge in [0.05, 0.1) is 18.3 Å². The highest BCUT2D eigenvalue weighted by atomic mass is 35.5. The van der Waals surface area contributed by atoms with Crippen LogP contribution in [0.15, 0.2) is 55.1 Å². The van der Waals surface area contributed by atoms with Crippen LogP contribution < -0.4 is 10.2 Å². The van der Waals surface area contributed by atoms with Crippen molar-refractivity contribution in [3.05, 3.63) is 87.9 Å². The molecule has 0 bridgehead atoms. The van der Waals surface area contributed by atoms with Crippen LogP contribution in [0.1, 0.15) is 65.7 Å². The highest BCUT2D eigenvalue weighted by molar-refractivity contribution is 6.35. The molecular formula is C31H33Cl2N7O2. The van der Waals surface area contributed by atoms with Crippen LogP contribution in [0, 0.1) is 5.41 Å². The second-order valence-electron chi connectivity index (χ2n) is 11.6. The third-order valence-corrected chi connectivity index (χ3v) is 9.89. The molecule has 2 aromatic carbocycles. The maximum absolute atomic E-state index is 13.3. The van der Waals surface area contributed by atoms with Crippen LogP contribution in [-0.4, -0.2) is 56.5 Å². The van der Waals surface area contributed by atoms with E-state index in [4.69, 9.17) is 27.9 Å². The van der Waals surface area contributed by atoms with Gasteiger partial charge in [-0.05, 0) is 73.8 Å². The summed E-state index contributed by atoms with van der Waals surface area (Å²) < 4.78 is 9.32. The van der Waals surface area contributed by atoms with Crippen molar-refractivity contribution in [1.82, 2.24) is 29.6 Å². The molecule has 2 aromatic heterocycles. The third kappa shape index (κ3) is 5.29. The number of fused-ring (bicyclic) bond motifs is 3. The predicted molar refractivity (Wildman–Crippen MR) is 162 cm³/mol. The van der Waals surface area contributed by atoms with Crippen LogP contribution in [0.25, 0.3) is 5.69 Å². The molecule has 218 valence electrons. The molecule has 11 heteroatoms. The van der Waals surface area contributed by atoms with Crippen LogP contribution in [-0.2, 0) is 17.7 Å². The zero-order valence-electron chi connectivity index (χ0n) is 23.3. The van der Waals surface area contributed by atoms with Crippen molar-refractivity contribution in [1.29, 1.82) is 0 Å². The van der Waals surface area contributed by atoms with Crippen LogP contribution in [0.2, 0.25) is 10.0 Å². The third-order valence-electron chi connectivity index (χ3n) is 9.18. The molecular weight excluding hydrogens is 573 g/mol. The van der Waals surface area contributed by atoms with E-state index >= 15 is 0 Å². The van der Waals surface area contributed by atoms with Gasteiger partial charge in [-0.25, -0.2) is 14.6 Å².